The zero-order valence-corrected chi connectivity index (χ0v) is 9.52. The molecule has 0 fully saturated rings. The number of aryl methyl sites for hydroxylation is 1. The number of hydrogen-bond acceptors (Lipinski definition) is 0. The van der Waals surface area contributed by atoms with Crippen LogP contribution in [0.15, 0.2) is 22.7 Å². The smallest absolute Gasteiger partial charge is 0.137 e. The fraction of sp³-hybridized carbons (Fsp3) is 0.250. The molecule has 1 rings (SSSR count). The van der Waals surface area contributed by atoms with Crippen molar-refractivity contribution in [3.8, 4) is 0 Å². The van der Waals surface area contributed by atoms with Crippen molar-refractivity contribution in [2.45, 2.75) is 6.42 Å². The molecule has 0 heterocycles. The number of hydrogen-bond donors (Lipinski definition) is 0. The minimum absolute atomic E-state index is 0.174. The molecule has 0 saturated carbocycles. The van der Waals surface area contributed by atoms with E-state index in [0.717, 1.165) is 16.4 Å². The third-order valence-electron chi connectivity index (χ3n) is 1.37. The van der Waals surface area contributed by atoms with E-state index in [4.69, 9.17) is 0 Å². The van der Waals surface area contributed by atoms with Gasteiger partial charge in [-0.05, 0) is 40.0 Å². The lowest BCUT2D eigenvalue weighted by molar-refractivity contribution is 0.619. The highest BCUT2D eigenvalue weighted by atomic mass is 127. The molecule has 0 radical (unpaired) electrons. The molecule has 0 atom stereocenters. The molecule has 0 nitrogen and oxygen atoms in total. The van der Waals surface area contributed by atoms with Gasteiger partial charge in [-0.15, -0.1) is 0 Å². The molecule has 0 saturated heterocycles. The topological polar surface area (TPSA) is 0 Å². The third-order valence-corrected chi connectivity index (χ3v) is 2.55. The lowest BCUT2D eigenvalue weighted by Gasteiger charge is -1.98. The summed E-state index contributed by atoms with van der Waals surface area (Å²) in [6, 6.07) is 5.26. The van der Waals surface area contributed by atoms with Crippen LogP contribution in [-0.4, -0.2) is 4.43 Å². The molecule has 1 aromatic rings. The minimum Gasteiger partial charge on any atom is -0.206 e. The van der Waals surface area contributed by atoms with Gasteiger partial charge >= 0.3 is 0 Å². The predicted molar refractivity (Wildman–Crippen MR) is 56.7 cm³/mol. The quantitative estimate of drug-likeness (QED) is 0.575. The van der Waals surface area contributed by atoms with Crippen LogP contribution >= 0.6 is 38.5 Å². The Balaban J connectivity index is 2.86. The van der Waals surface area contributed by atoms with Gasteiger partial charge in [-0.2, -0.15) is 0 Å². The Morgan fingerprint density at radius 2 is 2.18 bits per heavy atom. The fourth-order valence-electron chi connectivity index (χ4n) is 0.804. The lowest BCUT2D eigenvalue weighted by Crippen LogP contribution is -1.87. The van der Waals surface area contributed by atoms with Crippen LogP contribution in [0.4, 0.5) is 4.39 Å². The Hall–Kier alpha value is 0.360. The predicted octanol–water partition coefficient (Wildman–Crippen LogP) is 3.57. The van der Waals surface area contributed by atoms with Crippen molar-refractivity contribution in [2.24, 2.45) is 0 Å². The van der Waals surface area contributed by atoms with E-state index in [2.05, 4.69) is 38.5 Å². The normalized spacial score (nSPS) is 10.1. The molecule has 11 heavy (non-hydrogen) atoms. The largest absolute Gasteiger partial charge is 0.206 e. The van der Waals surface area contributed by atoms with Gasteiger partial charge in [0.05, 0.1) is 4.47 Å². The average Bonchev–Trinajstić information content (AvgIpc) is 1.98. The van der Waals surface area contributed by atoms with Crippen molar-refractivity contribution < 1.29 is 4.39 Å². The maximum absolute atomic E-state index is 12.9. The van der Waals surface area contributed by atoms with Crippen LogP contribution < -0.4 is 0 Å². The summed E-state index contributed by atoms with van der Waals surface area (Å²) in [5.41, 5.74) is 1.06. The zero-order chi connectivity index (χ0) is 8.27. The van der Waals surface area contributed by atoms with E-state index in [-0.39, 0.29) is 5.82 Å². The fourth-order valence-corrected chi connectivity index (χ4v) is 1.67. The highest BCUT2D eigenvalue weighted by Gasteiger charge is 1.98. The van der Waals surface area contributed by atoms with Gasteiger partial charge in [-0.3, -0.25) is 0 Å². The van der Waals surface area contributed by atoms with E-state index in [0.29, 0.717) is 4.47 Å². The zero-order valence-electron chi connectivity index (χ0n) is 5.78. The van der Waals surface area contributed by atoms with E-state index < -0.39 is 0 Å². The van der Waals surface area contributed by atoms with Gasteiger partial charge in [0, 0.05) is 4.43 Å². The summed E-state index contributed by atoms with van der Waals surface area (Å²) in [6.07, 6.45) is 0.935. The van der Waals surface area contributed by atoms with E-state index in [1.807, 2.05) is 6.07 Å². The van der Waals surface area contributed by atoms with Crippen LogP contribution in [0.25, 0.3) is 0 Å². The number of alkyl halides is 1. The van der Waals surface area contributed by atoms with Gasteiger partial charge in [-0.1, -0.05) is 28.7 Å². The molecule has 0 amide bonds. The number of benzene rings is 1. The Labute approximate surface area is 87.5 Å². The van der Waals surface area contributed by atoms with Gasteiger partial charge in [0.2, 0.25) is 0 Å². The van der Waals surface area contributed by atoms with Crippen LogP contribution in [0.1, 0.15) is 5.56 Å². The molecular formula is C8H7BrFI. The summed E-state index contributed by atoms with van der Waals surface area (Å²) in [5, 5.41) is 0. The second-order valence-corrected chi connectivity index (χ2v) is 4.12. The van der Waals surface area contributed by atoms with E-state index in [1.54, 1.807) is 12.1 Å². The molecule has 0 bridgehead atoms. The Morgan fingerprint density at radius 3 is 2.73 bits per heavy atom. The van der Waals surface area contributed by atoms with Crippen LogP contribution in [0.5, 0.6) is 0 Å². The molecule has 0 unspecified atom stereocenters. The summed E-state index contributed by atoms with van der Waals surface area (Å²) in [7, 11) is 0. The van der Waals surface area contributed by atoms with Gasteiger partial charge in [-0.25, -0.2) is 4.39 Å². The first kappa shape index (κ1) is 9.45. The molecule has 1 aromatic carbocycles. The van der Waals surface area contributed by atoms with Crippen molar-refractivity contribution in [3.63, 3.8) is 0 Å². The average molecular weight is 329 g/mol. The minimum atomic E-state index is -0.174. The summed E-state index contributed by atoms with van der Waals surface area (Å²) in [5.74, 6) is -0.174. The second-order valence-electron chi connectivity index (χ2n) is 2.19. The van der Waals surface area contributed by atoms with Crippen molar-refractivity contribution in [1.29, 1.82) is 0 Å². The van der Waals surface area contributed by atoms with E-state index >= 15 is 0 Å². The molecule has 0 aliphatic heterocycles. The molecule has 0 spiro atoms. The summed E-state index contributed by atoms with van der Waals surface area (Å²) >= 11 is 5.38. The van der Waals surface area contributed by atoms with Crippen LogP contribution in [0.2, 0.25) is 0 Å². The first-order chi connectivity index (χ1) is 5.24. The third kappa shape index (κ3) is 2.71. The SMILES string of the molecule is Fc1cc(CCI)ccc1Br. The molecule has 0 aliphatic carbocycles. The van der Waals surface area contributed by atoms with Crippen LogP contribution in [0.3, 0.4) is 0 Å². The van der Waals surface area contributed by atoms with Crippen molar-refractivity contribution in [1.82, 2.24) is 0 Å². The number of rotatable bonds is 2. The maximum atomic E-state index is 12.9. The van der Waals surface area contributed by atoms with Crippen LogP contribution in [0, 0.1) is 5.82 Å². The monoisotopic (exact) mass is 328 g/mol. The van der Waals surface area contributed by atoms with Crippen LogP contribution in [-0.2, 0) is 6.42 Å². The molecule has 0 aromatic heterocycles. The summed E-state index contributed by atoms with van der Waals surface area (Å²) in [4.78, 5) is 0. The van der Waals surface area contributed by atoms with Gasteiger partial charge < -0.3 is 0 Å². The molecule has 0 aliphatic rings. The maximum Gasteiger partial charge on any atom is 0.137 e. The molecule has 0 N–H and O–H groups in total. The summed E-state index contributed by atoms with van der Waals surface area (Å²) in [6.45, 7) is 0. The Bertz CT molecular complexity index is 250. The second kappa shape index (κ2) is 4.40. The first-order valence-corrected chi connectivity index (χ1v) is 5.56. The standard InChI is InChI=1S/C8H7BrFI/c9-7-2-1-6(3-4-11)5-8(7)10/h1-2,5H,3-4H2. The molecule has 60 valence electrons. The summed E-state index contributed by atoms with van der Waals surface area (Å²) < 4.78 is 14.4. The highest BCUT2D eigenvalue weighted by molar-refractivity contribution is 14.1. The van der Waals surface area contributed by atoms with Crippen molar-refractivity contribution in [2.75, 3.05) is 4.43 Å². The Kier molecular flexibility index (Phi) is 3.78. The van der Waals surface area contributed by atoms with E-state index in [9.17, 15) is 4.39 Å². The van der Waals surface area contributed by atoms with Crippen molar-refractivity contribution in [3.05, 3.63) is 34.1 Å². The van der Waals surface area contributed by atoms with Gasteiger partial charge in [0.1, 0.15) is 5.82 Å². The number of halogens is 3. The molecular weight excluding hydrogens is 322 g/mol. The van der Waals surface area contributed by atoms with Gasteiger partial charge in [0.15, 0.2) is 0 Å². The van der Waals surface area contributed by atoms with Gasteiger partial charge in [0.25, 0.3) is 0 Å². The first-order valence-electron chi connectivity index (χ1n) is 3.24. The van der Waals surface area contributed by atoms with E-state index in [1.165, 1.54) is 0 Å². The highest BCUT2D eigenvalue weighted by Crippen LogP contribution is 2.16. The van der Waals surface area contributed by atoms with Crippen molar-refractivity contribution >= 4 is 38.5 Å². The lowest BCUT2D eigenvalue weighted by atomic mass is 10.2. The Morgan fingerprint density at radius 1 is 1.45 bits per heavy atom. The molecule has 3 heteroatoms.